The van der Waals surface area contributed by atoms with Gasteiger partial charge in [0.25, 0.3) is 0 Å². The molecule has 0 radical (unpaired) electrons. The van der Waals surface area contributed by atoms with E-state index < -0.39 is 11.7 Å². The number of nitrogens with one attached hydrogen (secondary N) is 1. The van der Waals surface area contributed by atoms with Crippen LogP contribution in [0.25, 0.3) is 0 Å². The topological polar surface area (TPSA) is 84.7 Å². The van der Waals surface area contributed by atoms with Crippen LogP contribution in [0.2, 0.25) is 0 Å². The van der Waals surface area contributed by atoms with Crippen LogP contribution >= 0.6 is 0 Å². The van der Waals surface area contributed by atoms with Crippen LogP contribution in [0.15, 0.2) is 0 Å². The first-order chi connectivity index (χ1) is 9.10. The molecule has 0 aromatic carbocycles. The Morgan fingerprint density at radius 3 is 2.35 bits per heavy atom. The standard InChI is InChI=1S/C14H27N3O3/c1-14(2,3)20-13(19)16-11-8-9(6-7-10(11)15)12(18)17(4)5/h9-11H,6-8,15H2,1-5H3,(H,16,19)/t9-,10+,11+/m0/s1. The van der Waals surface area contributed by atoms with Gasteiger partial charge in [0.05, 0.1) is 0 Å². The fraction of sp³-hybridized carbons (Fsp3) is 0.857. The molecular formula is C14H27N3O3. The summed E-state index contributed by atoms with van der Waals surface area (Å²) < 4.78 is 5.23. The molecule has 1 aliphatic rings. The quantitative estimate of drug-likeness (QED) is 0.795. The number of rotatable bonds is 2. The van der Waals surface area contributed by atoms with Gasteiger partial charge in [-0.3, -0.25) is 4.79 Å². The number of hydrogen-bond acceptors (Lipinski definition) is 4. The number of nitrogens with zero attached hydrogens (tertiary/aromatic N) is 1. The van der Waals surface area contributed by atoms with Crippen LogP contribution in [0.5, 0.6) is 0 Å². The number of alkyl carbamates (subject to hydrolysis) is 1. The summed E-state index contributed by atoms with van der Waals surface area (Å²) in [6, 6.07) is -0.346. The van der Waals surface area contributed by atoms with Gasteiger partial charge in [-0.15, -0.1) is 0 Å². The molecule has 0 aliphatic heterocycles. The van der Waals surface area contributed by atoms with E-state index in [0.29, 0.717) is 6.42 Å². The van der Waals surface area contributed by atoms with Gasteiger partial charge >= 0.3 is 6.09 Å². The summed E-state index contributed by atoms with van der Waals surface area (Å²) in [4.78, 5) is 25.4. The number of carbonyl (C=O) groups excluding carboxylic acids is 2. The lowest BCUT2D eigenvalue weighted by Gasteiger charge is -2.35. The summed E-state index contributed by atoms with van der Waals surface area (Å²) in [6.45, 7) is 5.43. The summed E-state index contributed by atoms with van der Waals surface area (Å²) in [5, 5.41) is 2.79. The molecule has 0 bridgehead atoms. The van der Waals surface area contributed by atoms with Crippen molar-refractivity contribution in [1.29, 1.82) is 0 Å². The monoisotopic (exact) mass is 285 g/mol. The van der Waals surface area contributed by atoms with E-state index >= 15 is 0 Å². The van der Waals surface area contributed by atoms with Crippen molar-refractivity contribution in [2.75, 3.05) is 14.1 Å². The summed E-state index contributed by atoms with van der Waals surface area (Å²) >= 11 is 0. The molecule has 3 N–H and O–H groups in total. The second-order valence-corrected chi connectivity index (χ2v) is 6.66. The zero-order chi connectivity index (χ0) is 15.5. The van der Waals surface area contributed by atoms with Crippen LogP contribution in [0, 0.1) is 5.92 Å². The lowest BCUT2D eigenvalue weighted by Crippen LogP contribution is -2.53. The van der Waals surface area contributed by atoms with E-state index in [-0.39, 0.29) is 23.9 Å². The van der Waals surface area contributed by atoms with Crippen molar-refractivity contribution < 1.29 is 14.3 Å². The molecule has 1 rings (SSSR count). The van der Waals surface area contributed by atoms with E-state index in [1.165, 1.54) is 0 Å². The summed E-state index contributed by atoms with van der Waals surface area (Å²) in [5.74, 6) is 0.0117. The van der Waals surface area contributed by atoms with Crippen molar-refractivity contribution >= 4 is 12.0 Å². The minimum absolute atomic E-state index is 0.0789. The fourth-order valence-corrected chi connectivity index (χ4v) is 2.41. The summed E-state index contributed by atoms with van der Waals surface area (Å²) in [6.07, 6.45) is 1.59. The van der Waals surface area contributed by atoms with Gasteiger partial charge in [-0.1, -0.05) is 0 Å². The maximum Gasteiger partial charge on any atom is 0.407 e. The first-order valence-electron chi connectivity index (χ1n) is 7.06. The van der Waals surface area contributed by atoms with Gasteiger partial charge in [0.15, 0.2) is 0 Å². The van der Waals surface area contributed by atoms with Crippen LogP contribution in [-0.4, -0.2) is 48.7 Å². The van der Waals surface area contributed by atoms with Crippen molar-refractivity contribution in [3.8, 4) is 0 Å². The van der Waals surface area contributed by atoms with E-state index in [0.717, 1.165) is 12.8 Å². The van der Waals surface area contributed by atoms with E-state index in [1.54, 1.807) is 19.0 Å². The molecule has 20 heavy (non-hydrogen) atoms. The Bertz CT molecular complexity index is 363. The molecule has 2 amide bonds. The molecule has 0 aromatic heterocycles. The number of carbonyl (C=O) groups is 2. The Morgan fingerprint density at radius 1 is 1.25 bits per heavy atom. The molecule has 0 spiro atoms. The van der Waals surface area contributed by atoms with Gasteiger partial charge in [-0.2, -0.15) is 0 Å². The highest BCUT2D eigenvalue weighted by Gasteiger charge is 2.34. The third-order valence-electron chi connectivity index (χ3n) is 3.40. The highest BCUT2D eigenvalue weighted by molar-refractivity contribution is 5.78. The Hall–Kier alpha value is -1.30. The van der Waals surface area contributed by atoms with Crippen molar-refractivity contribution in [2.45, 2.75) is 57.7 Å². The SMILES string of the molecule is CN(C)C(=O)[C@H]1CC[C@@H](N)[C@H](NC(=O)OC(C)(C)C)C1. The van der Waals surface area contributed by atoms with Gasteiger partial charge in [0.2, 0.25) is 5.91 Å². The normalized spacial score (nSPS) is 26.8. The van der Waals surface area contributed by atoms with E-state index in [9.17, 15) is 9.59 Å². The van der Waals surface area contributed by atoms with E-state index in [1.807, 2.05) is 20.8 Å². The molecule has 1 saturated carbocycles. The van der Waals surface area contributed by atoms with Gasteiger partial charge in [-0.05, 0) is 40.0 Å². The second kappa shape index (κ2) is 6.43. The molecule has 0 saturated heterocycles. The Labute approximate surface area is 121 Å². The molecule has 6 heteroatoms. The van der Waals surface area contributed by atoms with Crippen LogP contribution in [-0.2, 0) is 9.53 Å². The molecule has 3 atom stereocenters. The minimum atomic E-state index is -0.540. The molecule has 0 heterocycles. The van der Waals surface area contributed by atoms with Crippen LogP contribution in [0.3, 0.4) is 0 Å². The van der Waals surface area contributed by atoms with Gasteiger partial charge in [0.1, 0.15) is 5.60 Å². The van der Waals surface area contributed by atoms with Gasteiger partial charge < -0.3 is 20.7 Å². The predicted octanol–water partition coefficient (Wildman–Crippen LogP) is 1.10. The molecule has 0 unspecified atom stereocenters. The van der Waals surface area contributed by atoms with Crippen molar-refractivity contribution in [1.82, 2.24) is 10.2 Å². The van der Waals surface area contributed by atoms with Gasteiger partial charge in [-0.25, -0.2) is 4.79 Å². The van der Waals surface area contributed by atoms with Crippen LogP contribution in [0.4, 0.5) is 4.79 Å². The van der Waals surface area contributed by atoms with Crippen molar-refractivity contribution in [3.05, 3.63) is 0 Å². The third-order valence-corrected chi connectivity index (χ3v) is 3.40. The maximum absolute atomic E-state index is 12.0. The number of nitrogens with two attached hydrogens (primary N) is 1. The highest BCUT2D eigenvalue weighted by atomic mass is 16.6. The fourth-order valence-electron chi connectivity index (χ4n) is 2.41. The third kappa shape index (κ3) is 5.00. The van der Waals surface area contributed by atoms with E-state index in [2.05, 4.69) is 5.32 Å². The zero-order valence-corrected chi connectivity index (χ0v) is 13.1. The van der Waals surface area contributed by atoms with Crippen LogP contribution in [0.1, 0.15) is 40.0 Å². The number of amides is 2. The number of ether oxygens (including phenoxy) is 1. The first-order valence-corrected chi connectivity index (χ1v) is 7.06. The molecule has 6 nitrogen and oxygen atoms in total. The average molecular weight is 285 g/mol. The second-order valence-electron chi connectivity index (χ2n) is 6.66. The lowest BCUT2D eigenvalue weighted by atomic mass is 9.82. The minimum Gasteiger partial charge on any atom is -0.444 e. The zero-order valence-electron chi connectivity index (χ0n) is 13.1. The Morgan fingerprint density at radius 2 is 1.85 bits per heavy atom. The lowest BCUT2D eigenvalue weighted by molar-refractivity contribution is -0.134. The molecule has 0 aromatic rings. The smallest absolute Gasteiger partial charge is 0.407 e. The van der Waals surface area contributed by atoms with Gasteiger partial charge in [0, 0.05) is 32.1 Å². The van der Waals surface area contributed by atoms with Crippen molar-refractivity contribution in [2.24, 2.45) is 11.7 Å². The molecule has 1 aliphatic carbocycles. The molecule has 116 valence electrons. The highest BCUT2D eigenvalue weighted by Crippen LogP contribution is 2.25. The summed E-state index contributed by atoms with van der Waals surface area (Å²) in [7, 11) is 3.49. The Kier molecular flexibility index (Phi) is 5.39. The average Bonchev–Trinajstić information content (AvgIpc) is 2.28. The first kappa shape index (κ1) is 16.8. The molecule has 1 fully saturated rings. The molecular weight excluding hydrogens is 258 g/mol. The van der Waals surface area contributed by atoms with Crippen molar-refractivity contribution in [3.63, 3.8) is 0 Å². The van der Waals surface area contributed by atoms with E-state index in [4.69, 9.17) is 10.5 Å². The predicted molar refractivity (Wildman–Crippen MR) is 77.2 cm³/mol. The Balaban J connectivity index is 2.59. The largest absolute Gasteiger partial charge is 0.444 e. The van der Waals surface area contributed by atoms with Crippen LogP contribution < -0.4 is 11.1 Å². The maximum atomic E-state index is 12.0. The number of hydrogen-bond donors (Lipinski definition) is 2. The summed E-state index contributed by atoms with van der Waals surface area (Å²) in [5.41, 5.74) is 5.49.